The van der Waals surface area contributed by atoms with E-state index in [1.165, 1.54) is 12.1 Å². The molecule has 0 radical (unpaired) electrons. The molecule has 1 unspecified atom stereocenters. The van der Waals surface area contributed by atoms with Gasteiger partial charge in [0.1, 0.15) is 17.1 Å². The third-order valence-corrected chi connectivity index (χ3v) is 9.65. The van der Waals surface area contributed by atoms with Gasteiger partial charge >= 0.3 is 5.97 Å². The molecule has 48 heavy (non-hydrogen) atoms. The average molecular weight is 635 g/mol. The minimum atomic E-state index is -1.03. The number of carboxylic acid groups (broad SMARTS) is 1. The zero-order valence-corrected chi connectivity index (χ0v) is 27.0. The highest BCUT2D eigenvalue weighted by molar-refractivity contribution is 5.87. The SMILES string of the molecule is CC(n1cnc2ccc(-c3cn(C(c4ccccc4)(c4ccccc4)c4ccccc4)nc3-c3ccc(F)cc3)cc21)C(C)(C)C(=O)O. The van der Waals surface area contributed by atoms with Gasteiger partial charge in [-0.25, -0.2) is 9.37 Å². The summed E-state index contributed by atoms with van der Waals surface area (Å²) >= 11 is 0. The second-order valence-electron chi connectivity index (χ2n) is 12.7. The number of carbonyl (C=O) groups is 1. The molecule has 7 aromatic rings. The molecule has 0 spiro atoms. The Morgan fingerprint density at radius 2 is 1.27 bits per heavy atom. The van der Waals surface area contributed by atoms with Crippen LogP contribution in [0.4, 0.5) is 4.39 Å². The van der Waals surface area contributed by atoms with Gasteiger partial charge in [0.2, 0.25) is 0 Å². The van der Waals surface area contributed by atoms with Gasteiger partial charge in [0.25, 0.3) is 0 Å². The fourth-order valence-electron chi connectivity index (χ4n) is 6.54. The lowest BCUT2D eigenvalue weighted by Crippen LogP contribution is -2.38. The molecule has 1 atom stereocenters. The molecule has 0 saturated heterocycles. The van der Waals surface area contributed by atoms with Crippen LogP contribution in [0.3, 0.4) is 0 Å². The Morgan fingerprint density at radius 1 is 0.750 bits per heavy atom. The van der Waals surface area contributed by atoms with Gasteiger partial charge in [-0.1, -0.05) is 97.1 Å². The molecule has 7 heteroatoms. The second-order valence-corrected chi connectivity index (χ2v) is 12.7. The van der Waals surface area contributed by atoms with Crippen LogP contribution in [0, 0.1) is 11.2 Å². The zero-order valence-electron chi connectivity index (χ0n) is 27.0. The van der Waals surface area contributed by atoms with Crippen molar-refractivity contribution in [1.82, 2.24) is 19.3 Å². The molecule has 6 nitrogen and oxygen atoms in total. The van der Waals surface area contributed by atoms with E-state index in [-0.39, 0.29) is 11.9 Å². The van der Waals surface area contributed by atoms with Crippen LogP contribution < -0.4 is 0 Å². The number of aromatic nitrogens is 4. The van der Waals surface area contributed by atoms with E-state index in [0.717, 1.165) is 44.4 Å². The van der Waals surface area contributed by atoms with Crippen LogP contribution in [0.25, 0.3) is 33.4 Å². The van der Waals surface area contributed by atoms with Gasteiger partial charge in [0.05, 0.1) is 22.8 Å². The minimum absolute atomic E-state index is 0.327. The summed E-state index contributed by atoms with van der Waals surface area (Å²) < 4.78 is 18.2. The predicted octanol–water partition coefficient (Wildman–Crippen LogP) is 9.22. The molecule has 0 bridgehead atoms. The van der Waals surface area contributed by atoms with E-state index in [9.17, 15) is 14.3 Å². The van der Waals surface area contributed by atoms with Gasteiger partial charge < -0.3 is 9.67 Å². The van der Waals surface area contributed by atoms with E-state index in [4.69, 9.17) is 5.10 Å². The van der Waals surface area contributed by atoms with E-state index in [1.807, 2.05) is 89.0 Å². The summed E-state index contributed by atoms with van der Waals surface area (Å²) in [5.74, 6) is -1.21. The largest absolute Gasteiger partial charge is 0.481 e. The van der Waals surface area contributed by atoms with Gasteiger partial charge in [0, 0.05) is 23.4 Å². The first-order chi connectivity index (χ1) is 23.2. The third-order valence-electron chi connectivity index (χ3n) is 9.65. The lowest BCUT2D eigenvalue weighted by molar-refractivity contribution is -0.149. The van der Waals surface area contributed by atoms with Crippen molar-refractivity contribution < 1.29 is 14.3 Å². The van der Waals surface area contributed by atoms with Crippen LogP contribution in [-0.4, -0.2) is 30.4 Å². The van der Waals surface area contributed by atoms with Crippen LogP contribution in [0.2, 0.25) is 0 Å². The van der Waals surface area contributed by atoms with Crippen molar-refractivity contribution in [1.29, 1.82) is 0 Å². The lowest BCUT2D eigenvalue weighted by atomic mass is 9.77. The number of hydrogen-bond acceptors (Lipinski definition) is 3. The number of aliphatic carboxylic acids is 1. The molecule has 0 fully saturated rings. The van der Waals surface area contributed by atoms with Gasteiger partial charge in [0.15, 0.2) is 0 Å². The predicted molar refractivity (Wildman–Crippen MR) is 187 cm³/mol. The smallest absolute Gasteiger partial charge is 0.311 e. The molecule has 238 valence electrons. The van der Waals surface area contributed by atoms with E-state index < -0.39 is 16.9 Å². The molecule has 5 aromatic carbocycles. The highest BCUT2D eigenvalue weighted by Crippen LogP contribution is 2.44. The molecule has 2 aromatic heterocycles. The van der Waals surface area contributed by atoms with Crippen molar-refractivity contribution in [3.05, 3.63) is 168 Å². The number of nitrogens with zero attached hydrogens (tertiary/aromatic N) is 4. The average Bonchev–Trinajstić information content (AvgIpc) is 3.75. The monoisotopic (exact) mass is 634 g/mol. The lowest BCUT2D eigenvalue weighted by Gasteiger charge is -2.36. The molecule has 7 rings (SSSR count). The molecule has 2 heterocycles. The van der Waals surface area contributed by atoms with Crippen LogP contribution in [0.5, 0.6) is 0 Å². The number of carboxylic acids is 1. The van der Waals surface area contributed by atoms with Gasteiger partial charge in [-0.15, -0.1) is 0 Å². The van der Waals surface area contributed by atoms with Crippen LogP contribution >= 0.6 is 0 Å². The Bertz CT molecular complexity index is 2110. The van der Waals surface area contributed by atoms with Crippen molar-refractivity contribution >= 4 is 17.0 Å². The number of fused-ring (bicyclic) bond motifs is 1. The van der Waals surface area contributed by atoms with Crippen LogP contribution in [-0.2, 0) is 10.3 Å². The molecule has 0 aliphatic heterocycles. The van der Waals surface area contributed by atoms with Crippen molar-refractivity contribution in [2.24, 2.45) is 5.41 Å². The molecule has 0 aliphatic carbocycles. The zero-order chi connectivity index (χ0) is 33.5. The second kappa shape index (κ2) is 12.1. The highest BCUT2D eigenvalue weighted by Gasteiger charge is 2.40. The highest BCUT2D eigenvalue weighted by atomic mass is 19.1. The van der Waals surface area contributed by atoms with Crippen molar-refractivity contribution in [3.8, 4) is 22.4 Å². The van der Waals surface area contributed by atoms with Crippen LogP contribution in [0.15, 0.2) is 146 Å². The van der Waals surface area contributed by atoms with Crippen molar-refractivity contribution in [3.63, 3.8) is 0 Å². The van der Waals surface area contributed by atoms with Gasteiger partial charge in [-0.2, -0.15) is 5.10 Å². The number of benzene rings is 5. The normalized spacial score (nSPS) is 12.7. The summed E-state index contributed by atoms with van der Waals surface area (Å²) in [6.45, 7) is 5.35. The number of imidazole rings is 1. The molecule has 0 aliphatic rings. The fourth-order valence-corrected chi connectivity index (χ4v) is 6.54. The summed E-state index contributed by atoms with van der Waals surface area (Å²) in [6, 6.07) is 43.0. The molecule has 1 N–H and O–H groups in total. The minimum Gasteiger partial charge on any atom is -0.481 e. The number of halogens is 1. The Balaban J connectivity index is 1.53. The summed E-state index contributed by atoms with van der Waals surface area (Å²) in [6.07, 6.45) is 3.78. The summed E-state index contributed by atoms with van der Waals surface area (Å²) in [5.41, 5.74) is 5.93. The number of hydrogen-bond donors (Lipinski definition) is 1. The number of rotatable bonds is 9. The van der Waals surface area contributed by atoms with Crippen molar-refractivity contribution in [2.45, 2.75) is 32.4 Å². The van der Waals surface area contributed by atoms with Crippen molar-refractivity contribution in [2.75, 3.05) is 0 Å². The maximum Gasteiger partial charge on any atom is 0.311 e. The maximum absolute atomic E-state index is 14.2. The fraction of sp³-hybridized carbons (Fsp3) is 0.146. The van der Waals surface area contributed by atoms with E-state index in [0.29, 0.717) is 5.69 Å². The topological polar surface area (TPSA) is 72.9 Å². The first-order valence-electron chi connectivity index (χ1n) is 15.9. The third kappa shape index (κ3) is 5.08. The molecule has 0 amide bonds. The van der Waals surface area contributed by atoms with E-state index in [1.54, 1.807) is 32.3 Å². The Kier molecular flexibility index (Phi) is 7.76. The van der Waals surface area contributed by atoms with Gasteiger partial charge in [-0.3, -0.25) is 9.48 Å². The first kappa shape index (κ1) is 30.8. The molecular formula is C41H35FN4O2. The quantitative estimate of drug-likeness (QED) is 0.161. The maximum atomic E-state index is 14.2. The summed E-state index contributed by atoms with van der Waals surface area (Å²) in [5, 5.41) is 15.4. The van der Waals surface area contributed by atoms with Crippen LogP contribution in [0.1, 0.15) is 43.5 Å². The van der Waals surface area contributed by atoms with E-state index in [2.05, 4.69) is 47.6 Å². The van der Waals surface area contributed by atoms with E-state index >= 15 is 0 Å². The molecular weight excluding hydrogens is 599 g/mol. The summed E-state index contributed by atoms with van der Waals surface area (Å²) in [7, 11) is 0. The Hall–Kier alpha value is -5.82. The Morgan fingerprint density at radius 3 is 1.79 bits per heavy atom. The molecule has 0 saturated carbocycles. The van der Waals surface area contributed by atoms with Gasteiger partial charge in [-0.05, 0) is 79.4 Å². The first-order valence-corrected chi connectivity index (χ1v) is 15.9. The summed E-state index contributed by atoms with van der Waals surface area (Å²) in [4.78, 5) is 16.8. The Labute approximate surface area is 278 Å². The standard InChI is InChI=1S/C41H35FN4O2/c1-28(40(2,3)39(47)48)45-27-43-36-24-21-30(25-37(36)45)35-26-46(44-38(35)29-19-22-34(42)23-20-29)41(31-13-7-4-8-14-31,32-15-9-5-10-16-32)33-17-11-6-12-18-33/h4-28H,1-3H3,(H,47,48).